The Morgan fingerprint density at radius 3 is 2.57 bits per heavy atom. The molecule has 0 N–H and O–H groups in total. The topological polar surface area (TPSA) is 38.1 Å². The van der Waals surface area contributed by atoms with Crippen molar-refractivity contribution in [1.82, 2.24) is 14.7 Å². The summed E-state index contributed by atoms with van der Waals surface area (Å²) in [5.41, 5.74) is 1.63. The van der Waals surface area contributed by atoms with Gasteiger partial charge in [0, 0.05) is 19.5 Å². The van der Waals surface area contributed by atoms with Gasteiger partial charge in [0.15, 0.2) is 0 Å². The van der Waals surface area contributed by atoms with E-state index in [1.807, 2.05) is 13.0 Å². The summed E-state index contributed by atoms with van der Waals surface area (Å²) in [6, 6.07) is 8.02. The molecule has 0 aliphatic carbocycles. The number of hydrogen-bond donors (Lipinski definition) is 0. The Balaban J connectivity index is 2.16. The van der Waals surface area contributed by atoms with Gasteiger partial charge in [-0.15, -0.1) is 11.3 Å². The third kappa shape index (κ3) is 2.31. The van der Waals surface area contributed by atoms with Crippen molar-refractivity contribution in [2.45, 2.75) is 6.92 Å². The Labute approximate surface area is 125 Å². The minimum atomic E-state index is -0.284. The molecule has 0 fully saturated rings. The zero-order chi connectivity index (χ0) is 15.1. The van der Waals surface area contributed by atoms with Crippen molar-refractivity contribution in [1.29, 1.82) is 0 Å². The molecule has 0 atom stereocenters. The van der Waals surface area contributed by atoms with Gasteiger partial charge in [-0.2, -0.15) is 5.10 Å². The number of aromatic nitrogens is 2. The van der Waals surface area contributed by atoms with Crippen LogP contribution >= 0.6 is 11.3 Å². The number of carbonyl (C=O) groups is 1. The van der Waals surface area contributed by atoms with Gasteiger partial charge in [0.2, 0.25) is 0 Å². The summed E-state index contributed by atoms with van der Waals surface area (Å²) in [5, 5.41) is 5.43. The molecule has 0 aliphatic rings. The highest BCUT2D eigenvalue weighted by atomic mass is 32.1. The maximum absolute atomic E-state index is 13.0. The van der Waals surface area contributed by atoms with Crippen molar-refractivity contribution in [2.24, 2.45) is 0 Å². The zero-order valence-electron chi connectivity index (χ0n) is 11.9. The average molecular weight is 303 g/mol. The molecule has 2 heterocycles. The van der Waals surface area contributed by atoms with Crippen molar-refractivity contribution in [2.75, 3.05) is 14.1 Å². The van der Waals surface area contributed by atoms with E-state index in [0.29, 0.717) is 4.88 Å². The second kappa shape index (κ2) is 4.96. The average Bonchev–Trinajstić information content (AvgIpc) is 3.00. The van der Waals surface area contributed by atoms with Crippen LogP contribution in [0.4, 0.5) is 4.39 Å². The van der Waals surface area contributed by atoms with Gasteiger partial charge in [0.1, 0.15) is 10.6 Å². The smallest absolute Gasteiger partial charge is 0.263 e. The number of carbonyl (C=O) groups excluding carboxylic acids is 1. The van der Waals surface area contributed by atoms with E-state index in [9.17, 15) is 9.18 Å². The Kier molecular flexibility index (Phi) is 3.25. The lowest BCUT2D eigenvalue weighted by Crippen LogP contribution is -2.20. The SMILES string of the molecule is Cc1nn(-c2ccc(F)cc2)c2sc(C(=O)N(C)C)cc12. The van der Waals surface area contributed by atoms with E-state index in [0.717, 1.165) is 21.6 Å². The fraction of sp³-hybridized carbons (Fsp3) is 0.200. The number of benzene rings is 1. The Morgan fingerprint density at radius 1 is 1.29 bits per heavy atom. The summed E-state index contributed by atoms with van der Waals surface area (Å²) < 4.78 is 14.8. The van der Waals surface area contributed by atoms with Gasteiger partial charge in [0.25, 0.3) is 5.91 Å². The first-order chi connectivity index (χ1) is 9.97. The summed E-state index contributed by atoms with van der Waals surface area (Å²) in [6.07, 6.45) is 0. The molecule has 0 bridgehead atoms. The van der Waals surface area contributed by atoms with Gasteiger partial charge in [-0.1, -0.05) is 0 Å². The highest BCUT2D eigenvalue weighted by Crippen LogP contribution is 2.30. The molecule has 0 saturated carbocycles. The highest BCUT2D eigenvalue weighted by Gasteiger charge is 2.18. The van der Waals surface area contributed by atoms with Gasteiger partial charge in [0.05, 0.1) is 16.3 Å². The van der Waals surface area contributed by atoms with Gasteiger partial charge < -0.3 is 4.90 Å². The molecular formula is C15H14FN3OS. The molecule has 0 spiro atoms. The summed E-state index contributed by atoms with van der Waals surface area (Å²) in [5.74, 6) is -0.310. The Hall–Kier alpha value is -2.21. The lowest BCUT2D eigenvalue weighted by Gasteiger charge is -2.07. The quantitative estimate of drug-likeness (QED) is 0.729. The lowest BCUT2D eigenvalue weighted by atomic mass is 10.3. The molecule has 0 radical (unpaired) electrons. The predicted molar refractivity (Wildman–Crippen MR) is 81.7 cm³/mol. The van der Waals surface area contributed by atoms with Crippen LogP contribution < -0.4 is 0 Å². The Bertz CT molecular complexity index is 817. The minimum absolute atomic E-state index is 0.0266. The van der Waals surface area contributed by atoms with Crippen molar-refractivity contribution in [3.8, 4) is 5.69 Å². The van der Waals surface area contributed by atoms with Crippen molar-refractivity contribution in [3.63, 3.8) is 0 Å². The molecule has 0 saturated heterocycles. The molecule has 4 nitrogen and oxygen atoms in total. The minimum Gasteiger partial charge on any atom is -0.344 e. The molecule has 3 aromatic rings. The summed E-state index contributed by atoms with van der Waals surface area (Å²) in [4.78, 5) is 15.2. The van der Waals surface area contributed by atoms with Crippen LogP contribution in [0.15, 0.2) is 30.3 Å². The first-order valence-electron chi connectivity index (χ1n) is 6.44. The number of nitrogens with zero attached hydrogens (tertiary/aromatic N) is 3. The van der Waals surface area contributed by atoms with Crippen LogP contribution in [-0.2, 0) is 0 Å². The molecule has 1 amide bonds. The fourth-order valence-electron chi connectivity index (χ4n) is 2.13. The number of hydrogen-bond acceptors (Lipinski definition) is 3. The number of fused-ring (bicyclic) bond motifs is 1. The number of aryl methyl sites for hydroxylation is 1. The normalized spacial score (nSPS) is 11.0. The summed E-state index contributed by atoms with van der Waals surface area (Å²) in [6.45, 7) is 1.90. The van der Waals surface area contributed by atoms with Crippen LogP contribution in [-0.4, -0.2) is 34.7 Å². The third-order valence-electron chi connectivity index (χ3n) is 3.23. The molecule has 1 aromatic carbocycles. The standard InChI is InChI=1S/C15H14FN3OS/c1-9-12-8-13(14(20)18(2)3)21-15(12)19(17-9)11-6-4-10(16)5-7-11/h4-8H,1-3H3. The van der Waals surface area contributed by atoms with Crippen LogP contribution in [0.25, 0.3) is 15.9 Å². The number of thiophene rings is 1. The molecule has 21 heavy (non-hydrogen) atoms. The van der Waals surface area contributed by atoms with E-state index in [1.54, 1.807) is 35.8 Å². The van der Waals surface area contributed by atoms with E-state index >= 15 is 0 Å². The third-order valence-corrected chi connectivity index (χ3v) is 4.33. The van der Waals surface area contributed by atoms with Crippen LogP contribution in [0.5, 0.6) is 0 Å². The van der Waals surface area contributed by atoms with E-state index in [-0.39, 0.29) is 11.7 Å². The summed E-state index contributed by atoms with van der Waals surface area (Å²) in [7, 11) is 3.46. The monoisotopic (exact) mass is 303 g/mol. The lowest BCUT2D eigenvalue weighted by molar-refractivity contribution is 0.0832. The van der Waals surface area contributed by atoms with E-state index in [2.05, 4.69) is 5.10 Å². The second-order valence-electron chi connectivity index (χ2n) is 5.00. The molecule has 108 valence electrons. The Morgan fingerprint density at radius 2 is 1.95 bits per heavy atom. The van der Waals surface area contributed by atoms with Crippen LogP contribution in [0.3, 0.4) is 0 Å². The first kappa shape index (κ1) is 13.8. The molecule has 2 aromatic heterocycles. The zero-order valence-corrected chi connectivity index (χ0v) is 12.7. The number of halogens is 1. The molecule has 0 aliphatic heterocycles. The van der Waals surface area contributed by atoms with Gasteiger partial charge >= 0.3 is 0 Å². The second-order valence-corrected chi connectivity index (χ2v) is 6.03. The van der Waals surface area contributed by atoms with Crippen molar-refractivity contribution < 1.29 is 9.18 Å². The van der Waals surface area contributed by atoms with Crippen LogP contribution in [0, 0.1) is 12.7 Å². The molecular weight excluding hydrogens is 289 g/mol. The van der Waals surface area contributed by atoms with Crippen molar-refractivity contribution >= 4 is 27.5 Å². The van der Waals surface area contributed by atoms with E-state index in [4.69, 9.17) is 0 Å². The molecule has 3 rings (SSSR count). The van der Waals surface area contributed by atoms with Gasteiger partial charge in [-0.3, -0.25) is 4.79 Å². The maximum atomic E-state index is 13.0. The highest BCUT2D eigenvalue weighted by molar-refractivity contribution is 7.20. The van der Waals surface area contributed by atoms with Crippen molar-refractivity contribution in [3.05, 3.63) is 46.7 Å². The molecule has 6 heteroatoms. The predicted octanol–water partition coefficient (Wildman–Crippen LogP) is 3.24. The van der Waals surface area contributed by atoms with Gasteiger partial charge in [-0.05, 0) is 37.3 Å². The molecule has 0 unspecified atom stereocenters. The van der Waals surface area contributed by atoms with E-state index < -0.39 is 0 Å². The van der Waals surface area contributed by atoms with Gasteiger partial charge in [-0.25, -0.2) is 9.07 Å². The number of rotatable bonds is 2. The fourth-order valence-corrected chi connectivity index (χ4v) is 3.33. The largest absolute Gasteiger partial charge is 0.344 e. The van der Waals surface area contributed by atoms with Crippen LogP contribution in [0.1, 0.15) is 15.4 Å². The van der Waals surface area contributed by atoms with Crippen LogP contribution in [0.2, 0.25) is 0 Å². The summed E-state index contributed by atoms with van der Waals surface area (Å²) >= 11 is 1.40. The number of amides is 1. The maximum Gasteiger partial charge on any atom is 0.263 e. The first-order valence-corrected chi connectivity index (χ1v) is 7.26. The van der Waals surface area contributed by atoms with E-state index in [1.165, 1.54) is 23.5 Å².